The molecule has 0 bridgehead atoms. The van der Waals surface area contributed by atoms with Gasteiger partial charge in [-0.25, -0.2) is 0 Å². The summed E-state index contributed by atoms with van der Waals surface area (Å²) in [7, 11) is 1.69. The molecule has 106 valence electrons. The fourth-order valence-corrected chi connectivity index (χ4v) is 2.49. The van der Waals surface area contributed by atoms with Crippen LogP contribution in [-0.4, -0.2) is 18.6 Å². The molecule has 0 fully saturated rings. The predicted octanol–water partition coefficient (Wildman–Crippen LogP) is 3.54. The molecule has 2 atom stereocenters. The monoisotopic (exact) mass is 270 g/mol. The summed E-state index contributed by atoms with van der Waals surface area (Å²) in [5.74, 6) is 1.15. The average molecular weight is 270 g/mol. The Hall–Kier alpha value is -1.87. The molecular formula is C17H22N2O. The van der Waals surface area contributed by atoms with Crippen LogP contribution >= 0.6 is 0 Å². The molecular weight excluding hydrogens is 248 g/mol. The van der Waals surface area contributed by atoms with Gasteiger partial charge in [0.1, 0.15) is 5.75 Å². The van der Waals surface area contributed by atoms with E-state index in [-0.39, 0.29) is 6.04 Å². The molecule has 2 aromatic rings. The van der Waals surface area contributed by atoms with Crippen LogP contribution in [0.2, 0.25) is 0 Å². The smallest absolute Gasteiger partial charge is 0.142 e. The highest BCUT2D eigenvalue weighted by molar-refractivity contribution is 5.33. The molecule has 2 rings (SSSR count). The van der Waals surface area contributed by atoms with Crippen molar-refractivity contribution in [1.29, 1.82) is 0 Å². The standard InChI is InChI=1S/C17H22N2O/c1-4-18-16(13(2)14-9-6-5-7-10-14)17-15(20-3)11-8-12-19-17/h5-13,16,18H,4H2,1-3H3. The Morgan fingerprint density at radius 3 is 2.55 bits per heavy atom. The van der Waals surface area contributed by atoms with E-state index in [4.69, 9.17) is 4.74 Å². The normalized spacial score (nSPS) is 13.8. The van der Waals surface area contributed by atoms with Crippen molar-refractivity contribution in [3.8, 4) is 5.75 Å². The number of nitrogens with one attached hydrogen (secondary N) is 1. The van der Waals surface area contributed by atoms with Gasteiger partial charge in [-0.3, -0.25) is 4.98 Å². The molecule has 1 aromatic heterocycles. The van der Waals surface area contributed by atoms with Gasteiger partial charge in [-0.2, -0.15) is 0 Å². The van der Waals surface area contributed by atoms with Crippen molar-refractivity contribution < 1.29 is 4.74 Å². The zero-order chi connectivity index (χ0) is 14.4. The maximum absolute atomic E-state index is 5.46. The first-order valence-electron chi connectivity index (χ1n) is 7.05. The van der Waals surface area contributed by atoms with Gasteiger partial charge < -0.3 is 10.1 Å². The number of benzene rings is 1. The van der Waals surface area contributed by atoms with E-state index in [2.05, 4.69) is 48.4 Å². The van der Waals surface area contributed by atoms with Crippen LogP contribution in [0, 0.1) is 0 Å². The minimum Gasteiger partial charge on any atom is -0.495 e. The summed E-state index contributed by atoms with van der Waals surface area (Å²) in [5, 5.41) is 3.53. The molecule has 2 unspecified atom stereocenters. The van der Waals surface area contributed by atoms with Crippen LogP contribution in [0.1, 0.15) is 37.1 Å². The second kappa shape index (κ2) is 7.06. The van der Waals surface area contributed by atoms with E-state index in [1.54, 1.807) is 7.11 Å². The minimum atomic E-state index is 0.138. The molecule has 20 heavy (non-hydrogen) atoms. The number of rotatable bonds is 6. The Labute approximate surface area is 121 Å². The molecule has 1 N–H and O–H groups in total. The Balaban J connectivity index is 2.35. The molecule has 0 saturated heterocycles. The van der Waals surface area contributed by atoms with Gasteiger partial charge in [-0.1, -0.05) is 44.2 Å². The first-order valence-corrected chi connectivity index (χ1v) is 7.05. The van der Waals surface area contributed by atoms with Crippen molar-refractivity contribution in [2.45, 2.75) is 25.8 Å². The molecule has 0 radical (unpaired) electrons. The summed E-state index contributed by atoms with van der Waals surface area (Å²) < 4.78 is 5.46. The summed E-state index contributed by atoms with van der Waals surface area (Å²) >= 11 is 0. The highest BCUT2D eigenvalue weighted by atomic mass is 16.5. The van der Waals surface area contributed by atoms with Crippen LogP contribution in [0.25, 0.3) is 0 Å². The van der Waals surface area contributed by atoms with Crippen LogP contribution < -0.4 is 10.1 Å². The molecule has 0 aliphatic rings. The van der Waals surface area contributed by atoms with Crippen LogP contribution in [0.3, 0.4) is 0 Å². The molecule has 0 aliphatic heterocycles. The quantitative estimate of drug-likeness (QED) is 0.871. The topological polar surface area (TPSA) is 34.2 Å². The van der Waals surface area contributed by atoms with Crippen molar-refractivity contribution in [3.05, 3.63) is 59.9 Å². The summed E-state index contributed by atoms with van der Waals surface area (Å²) in [5.41, 5.74) is 2.26. The molecule has 1 aromatic carbocycles. The number of aromatic nitrogens is 1. The first-order chi connectivity index (χ1) is 9.77. The highest BCUT2D eigenvalue weighted by Crippen LogP contribution is 2.33. The van der Waals surface area contributed by atoms with Crippen molar-refractivity contribution in [1.82, 2.24) is 10.3 Å². The number of hydrogen-bond donors (Lipinski definition) is 1. The van der Waals surface area contributed by atoms with Gasteiger partial charge in [0, 0.05) is 12.1 Å². The van der Waals surface area contributed by atoms with Gasteiger partial charge >= 0.3 is 0 Å². The minimum absolute atomic E-state index is 0.138. The predicted molar refractivity (Wildman–Crippen MR) is 82.1 cm³/mol. The number of likely N-dealkylation sites (N-methyl/N-ethyl adjacent to an activating group) is 1. The van der Waals surface area contributed by atoms with Crippen molar-refractivity contribution in [2.24, 2.45) is 0 Å². The van der Waals surface area contributed by atoms with Crippen LogP contribution in [-0.2, 0) is 0 Å². The summed E-state index contributed by atoms with van der Waals surface area (Å²) in [6.07, 6.45) is 1.82. The van der Waals surface area contributed by atoms with E-state index in [9.17, 15) is 0 Å². The van der Waals surface area contributed by atoms with E-state index in [1.165, 1.54) is 5.56 Å². The number of pyridine rings is 1. The zero-order valence-corrected chi connectivity index (χ0v) is 12.3. The van der Waals surface area contributed by atoms with Gasteiger partial charge in [0.05, 0.1) is 18.8 Å². The van der Waals surface area contributed by atoms with Crippen LogP contribution in [0.4, 0.5) is 0 Å². The lowest BCUT2D eigenvalue weighted by molar-refractivity contribution is 0.384. The summed E-state index contributed by atoms with van der Waals surface area (Å²) in [6.45, 7) is 5.22. The number of hydrogen-bond acceptors (Lipinski definition) is 3. The fourth-order valence-electron chi connectivity index (χ4n) is 2.49. The molecule has 0 aliphatic carbocycles. The SMILES string of the molecule is CCNC(c1ncccc1OC)C(C)c1ccccc1. The molecule has 0 saturated carbocycles. The van der Waals surface area contributed by atoms with Crippen LogP contribution in [0.15, 0.2) is 48.7 Å². The lowest BCUT2D eigenvalue weighted by Gasteiger charge is -2.26. The highest BCUT2D eigenvalue weighted by Gasteiger charge is 2.24. The Kier molecular flexibility index (Phi) is 5.13. The van der Waals surface area contributed by atoms with E-state index in [0.717, 1.165) is 18.0 Å². The maximum Gasteiger partial charge on any atom is 0.142 e. The Morgan fingerprint density at radius 1 is 1.15 bits per heavy atom. The van der Waals surface area contributed by atoms with Crippen LogP contribution in [0.5, 0.6) is 5.75 Å². The zero-order valence-electron chi connectivity index (χ0n) is 12.3. The largest absolute Gasteiger partial charge is 0.495 e. The van der Waals surface area contributed by atoms with Gasteiger partial charge in [0.25, 0.3) is 0 Å². The van der Waals surface area contributed by atoms with Crippen molar-refractivity contribution in [3.63, 3.8) is 0 Å². The third-order valence-electron chi connectivity index (χ3n) is 3.56. The summed E-state index contributed by atoms with van der Waals surface area (Å²) in [4.78, 5) is 4.53. The third kappa shape index (κ3) is 3.17. The molecule has 0 spiro atoms. The van der Waals surface area contributed by atoms with Crippen molar-refractivity contribution in [2.75, 3.05) is 13.7 Å². The fraction of sp³-hybridized carbons (Fsp3) is 0.353. The van der Waals surface area contributed by atoms with Gasteiger partial charge in [-0.05, 0) is 24.2 Å². The Morgan fingerprint density at radius 2 is 1.90 bits per heavy atom. The van der Waals surface area contributed by atoms with E-state index < -0.39 is 0 Å². The van der Waals surface area contributed by atoms with E-state index in [1.807, 2.05) is 24.4 Å². The number of methoxy groups -OCH3 is 1. The van der Waals surface area contributed by atoms with Crippen molar-refractivity contribution >= 4 is 0 Å². The lowest BCUT2D eigenvalue weighted by Crippen LogP contribution is -2.27. The van der Waals surface area contributed by atoms with E-state index in [0.29, 0.717) is 5.92 Å². The molecule has 0 amide bonds. The number of nitrogens with zero attached hydrogens (tertiary/aromatic N) is 1. The molecule has 3 heteroatoms. The second-order valence-corrected chi connectivity index (χ2v) is 4.83. The lowest BCUT2D eigenvalue weighted by atomic mass is 9.90. The third-order valence-corrected chi connectivity index (χ3v) is 3.56. The average Bonchev–Trinajstić information content (AvgIpc) is 2.53. The Bertz CT molecular complexity index is 528. The number of ether oxygens (including phenoxy) is 1. The maximum atomic E-state index is 5.46. The first kappa shape index (κ1) is 14.5. The molecule has 3 nitrogen and oxygen atoms in total. The second-order valence-electron chi connectivity index (χ2n) is 4.83. The van der Waals surface area contributed by atoms with Gasteiger partial charge in [0.2, 0.25) is 0 Å². The van der Waals surface area contributed by atoms with Gasteiger partial charge in [0.15, 0.2) is 0 Å². The van der Waals surface area contributed by atoms with Gasteiger partial charge in [-0.15, -0.1) is 0 Å². The van der Waals surface area contributed by atoms with E-state index >= 15 is 0 Å². The molecule has 1 heterocycles. The summed E-state index contributed by atoms with van der Waals surface area (Å²) in [6, 6.07) is 14.5.